The molecule has 106 valence electrons. The monoisotopic (exact) mass is 295 g/mol. The summed E-state index contributed by atoms with van der Waals surface area (Å²) in [5.41, 5.74) is 1.09. The predicted molar refractivity (Wildman–Crippen MR) is 72.3 cm³/mol. The molecule has 3 N–H and O–H groups in total. The molecule has 0 amide bonds. The minimum absolute atomic E-state index is 0.0470. The maximum absolute atomic E-state index is 12.2. The molecule has 0 saturated heterocycles. The van der Waals surface area contributed by atoms with Gasteiger partial charge in [-0.05, 0) is 31.5 Å². The Morgan fingerprint density at radius 1 is 1.30 bits per heavy atom. The lowest BCUT2D eigenvalue weighted by molar-refractivity contribution is 0.0696. The molecule has 0 aliphatic rings. The van der Waals surface area contributed by atoms with E-state index < -0.39 is 16.0 Å². The molecule has 2 rings (SSSR count). The lowest BCUT2D eigenvalue weighted by atomic mass is 10.1. The third-order valence-corrected chi connectivity index (χ3v) is 4.16. The second-order valence-electron chi connectivity index (χ2n) is 4.32. The van der Waals surface area contributed by atoms with Crippen LogP contribution < -0.4 is 4.72 Å². The number of carboxylic acids is 1. The van der Waals surface area contributed by atoms with Crippen molar-refractivity contribution in [2.45, 2.75) is 18.7 Å². The first-order valence-electron chi connectivity index (χ1n) is 5.68. The minimum Gasteiger partial charge on any atom is -0.478 e. The van der Waals surface area contributed by atoms with Crippen LogP contribution in [0.4, 0.5) is 5.82 Å². The highest BCUT2D eigenvalue weighted by molar-refractivity contribution is 7.92. The summed E-state index contributed by atoms with van der Waals surface area (Å²) in [5.74, 6) is -0.917. The molecule has 1 heterocycles. The molecular formula is C12H13N3O4S. The summed E-state index contributed by atoms with van der Waals surface area (Å²) in [6.45, 7) is 3.30. The van der Waals surface area contributed by atoms with E-state index in [4.69, 9.17) is 5.11 Å². The number of aromatic nitrogens is 2. The molecule has 2 aromatic rings. The minimum atomic E-state index is -3.86. The van der Waals surface area contributed by atoms with Crippen molar-refractivity contribution in [2.24, 2.45) is 0 Å². The molecule has 8 heteroatoms. The number of rotatable bonds is 4. The highest BCUT2D eigenvalue weighted by Gasteiger charge is 2.19. The van der Waals surface area contributed by atoms with Gasteiger partial charge in [-0.2, -0.15) is 5.10 Å². The maximum atomic E-state index is 12.2. The van der Waals surface area contributed by atoms with Gasteiger partial charge in [0, 0.05) is 5.56 Å². The highest BCUT2D eigenvalue weighted by Crippen LogP contribution is 2.19. The fraction of sp³-hybridized carbons (Fsp3) is 0.167. The Hall–Kier alpha value is -2.35. The summed E-state index contributed by atoms with van der Waals surface area (Å²) < 4.78 is 26.7. The van der Waals surface area contributed by atoms with Crippen LogP contribution in [-0.2, 0) is 10.0 Å². The Morgan fingerprint density at radius 2 is 2.00 bits per heavy atom. The largest absolute Gasteiger partial charge is 0.478 e. The number of benzene rings is 1. The number of aromatic amines is 1. The van der Waals surface area contributed by atoms with Gasteiger partial charge in [0.2, 0.25) is 0 Å². The molecule has 0 saturated carbocycles. The normalized spacial score (nSPS) is 11.3. The molecule has 7 nitrogen and oxygen atoms in total. The topological polar surface area (TPSA) is 112 Å². The summed E-state index contributed by atoms with van der Waals surface area (Å²) in [6, 6.07) is 3.94. The molecule has 0 spiro atoms. The predicted octanol–water partition coefficient (Wildman–Crippen LogP) is 1.53. The van der Waals surface area contributed by atoms with E-state index >= 15 is 0 Å². The quantitative estimate of drug-likeness (QED) is 0.791. The number of hydrogen-bond donors (Lipinski definition) is 3. The molecule has 0 radical (unpaired) electrons. The van der Waals surface area contributed by atoms with Crippen LogP contribution >= 0.6 is 0 Å². The first-order chi connectivity index (χ1) is 9.31. The van der Waals surface area contributed by atoms with E-state index in [-0.39, 0.29) is 16.3 Å². The Bertz CT molecular complexity index is 765. The van der Waals surface area contributed by atoms with E-state index in [0.717, 1.165) is 6.07 Å². The number of nitrogens with one attached hydrogen (secondary N) is 2. The summed E-state index contributed by atoms with van der Waals surface area (Å²) in [4.78, 5) is 10.9. The van der Waals surface area contributed by atoms with Gasteiger partial charge in [-0.15, -0.1) is 0 Å². The second-order valence-corrected chi connectivity index (χ2v) is 6.00. The van der Waals surface area contributed by atoms with Crippen molar-refractivity contribution in [3.05, 3.63) is 41.1 Å². The number of carbonyl (C=O) groups is 1. The van der Waals surface area contributed by atoms with Crippen LogP contribution in [0.1, 0.15) is 21.5 Å². The van der Waals surface area contributed by atoms with Crippen molar-refractivity contribution in [1.82, 2.24) is 10.2 Å². The SMILES string of the molecule is Cc1ccc(S(=O)(=O)Nc2[nH]ncc2C)cc1C(=O)O. The van der Waals surface area contributed by atoms with Gasteiger partial charge in [0.05, 0.1) is 16.7 Å². The smallest absolute Gasteiger partial charge is 0.335 e. The van der Waals surface area contributed by atoms with E-state index in [1.54, 1.807) is 13.8 Å². The van der Waals surface area contributed by atoms with E-state index in [2.05, 4.69) is 14.9 Å². The van der Waals surface area contributed by atoms with Crippen LogP contribution in [0.2, 0.25) is 0 Å². The summed E-state index contributed by atoms with van der Waals surface area (Å²) in [5, 5.41) is 15.3. The van der Waals surface area contributed by atoms with Gasteiger partial charge in [0.15, 0.2) is 0 Å². The fourth-order valence-electron chi connectivity index (χ4n) is 1.64. The van der Waals surface area contributed by atoms with Gasteiger partial charge in [0.1, 0.15) is 5.82 Å². The van der Waals surface area contributed by atoms with Crippen LogP contribution in [0.5, 0.6) is 0 Å². The molecule has 0 atom stereocenters. The first kappa shape index (κ1) is 14.1. The number of H-pyrrole nitrogens is 1. The number of carboxylic acid groups (broad SMARTS) is 1. The number of aryl methyl sites for hydroxylation is 2. The van der Waals surface area contributed by atoms with Gasteiger partial charge in [-0.25, -0.2) is 13.2 Å². The van der Waals surface area contributed by atoms with E-state index in [0.29, 0.717) is 11.1 Å². The third-order valence-electron chi connectivity index (χ3n) is 2.82. The molecular weight excluding hydrogens is 282 g/mol. The van der Waals surface area contributed by atoms with E-state index in [1.807, 2.05) is 0 Å². The van der Waals surface area contributed by atoms with E-state index in [9.17, 15) is 13.2 Å². The van der Waals surface area contributed by atoms with Gasteiger partial charge >= 0.3 is 5.97 Å². The van der Waals surface area contributed by atoms with Gasteiger partial charge < -0.3 is 5.11 Å². The fourth-order valence-corrected chi connectivity index (χ4v) is 2.76. The number of aromatic carboxylic acids is 1. The number of nitrogens with zero attached hydrogens (tertiary/aromatic N) is 1. The molecule has 1 aromatic heterocycles. The van der Waals surface area contributed by atoms with Crippen LogP contribution in [0.25, 0.3) is 0 Å². The molecule has 20 heavy (non-hydrogen) atoms. The van der Waals surface area contributed by atoms with Crippen molar-refractivity contribution in [2.75, 3.05) is 4.72 Å². The molecule has 0 aliphatic carbocycles. The van der Waals surface area contributed by atoms with Crippen molar-refractivity contribution >= 4 is 21.8 Å². The standard InChI is InChI=1S/C12H13N3O4S/c1-7-3-4-9(5-10(7)12(16)17)20(18,19)15-11-8(2)6-13-14-11/h3-6H,1-2H3,(H,16,17)(H2,13,14,15). The molecule has 0 fully saturated rings. The van der Waals surface area contributed by atoms with Gasteiger partial charge in [-0.1, -0.05) is 6.07 Å². The Balaban J connectivity index is 2.42. The van der Waals surface area contributed by atoms with Crippen molar-refractivity contribution < 1.29 is 18.3 Å². The summed E-state index contributed by atoms with van der Waals surface area (Å²) in [7, 11) is -3.86. The van der Waals surface area contributed by atoms with Crippen molar-refractivity contribution in [3.63, 3.8) is 0 Å². The van der Waals surface area contributed by atoms with Crippen molar-refractivity contribution in [1.29, 1.82) is 0 Å². The zero-order chi connectivity index (χ0) is 14.9. The lowest BCUT2D eigenvalue weighted by Crippen LogP contribution is -2.15. The van der Waals surface area contributed by atoms with Crippen LogP contribution in [0.3, 0.4) is 0 Å². The molecule has 0 unspecified atom stereocenters. The first-order valence-corrected chi connectivity index (χ1v) is 7.16. The number of sulfonamides is 1. The van der Waals surface area contributed by atoms with Crippen LogP contribution in [0, 0.1) is 13.8 Å². The van der Waals surface area contributed by atoms with Gasteiger partial charge in [-0.3, -0.25) is 9.82 Å². The van der Waals surface area contributed by atoms with Gasteiger partial charge in [0.25, 0.3) is 10.0 Å². The average molecular weight is 295 g/mol. The lowest BCUT2D eigenvalue weighted by Gasteiger charge is -2.09. The average Bonchev–Trinajstić information content (AvgIpc) is 2.74. The number of hydrogen-bond acceptors (Lipinski definition) is 4. The Morgan fingerprint density at radius 3 is 2.55 bits per heavy atom. The van der Waals surface area contributed by atoms with E-state index in [1.165, 1.54) is 18.3 Å². The molecule has 1 aromatic carbocycles. The van der Waals surface area contributed by atoms with Crippen LogP contribution in [-0.4, -0.2) is 29.7 Å². The highest BCUT2D eigenvalue weighted by atomic mass is 32.2. The van der Waals surface area contributed by atoms with Crippen LogP contribution in [0.15, 0.2) is 29.3 Å². The zero-order valence-electron chi connectivity index (χ0n) is 10.8. The molecule has 0 bridgehead atoms. The Kier molecular flexibility index (Phi) is 3.49. The van der Waals surface area contributed by atoms with Crippen molar-refractivity contribution in [3.8, 4) is 0 Å². The summed E-state index contributed by atoms with van der Waals surface area (Å²) >= 11 is 0. The molecule has 0 aliphatic heterocycles. The third kappa shape index (κ3) is 2.64. The Labute approximate surface area is 115 Å². The zero-order valence-corrected chi connectivity index (χ0v) is 11.7. The summed E-state index contributed by atoms with van der Waals surface area (Å²) in [6.07, 6.45) is 1.48. The number of anilines is 1. The maximum Gasteiger partial charge on any atom is 0.335 e. The second kappa shape index (κ2) is 4.97.